The Morgan fingerprint density at radius 2 is 2.07 bits per heavy atom. The predicted octanol–water partition coefficient (Wildman–Crippen LogP) is 2.33. The molecule has 29 heavy (non-hydrogen) atoms. The summed E-state index contributed by atoms with van der Waals surface area (Å²) in [5.74, 6) is 2.96. The van der Waals surface area contributed by atoms with Crippen LogP contribution < -0.4 is 10.6 Å². The molecule has 1 saturated heterocycles. The average molecular weight is 396 g/mol. The molecule has 7 nitrogen and oxygen atoms in total. The first-order valence-electron chi connectivity index (χ1n) is 11.0. The van der Waals surface area contributed by atoms with Crippen molar-refractivity contribution in [3.05, 3.63) is 47.5 Å². The highest BCUT2D eigenvalue weighted by Gasteiger charge is 2.26. The van der Waals surface area contributed by atoms with Gasteiger partial charge in [0.2, 0.25) is 0 Å². The summed E-state index contributed by atoms with van der Waals surface area (Å²) in [4.78, 5) is 7.38. The quantitative estimate of drug-likeness (QED) is 0.580. The van der Waals surface area contributed by atoms with E-state index in [-0.39, 0.29) is 0 Å². The second kappa shape index (κ2) is 9.39. The molecule has 0 bridgehead atoms. The van der Waals surface area contributed by atoms with Crippen molar-refractivity contribution in [2.45, 2.75) is 71.2 Å². The summed E-state index contributed by atoms with van der Waals surface area (Å²) >= 11 is 0. The minimum absolute atomic E-state index is 0.443. The van der Waals surface area contributed by atoms with E-state index in [0.29, 0.717) is 18.6 Å². The van der Waals surface area contributed by atoms with Crippen LogP contribution in [0.2, 0.25) is 0 Å². The molecule has 2 N–H and O–H groups in total. The fourth-order valence-corrected chi connectivity index (χ4v) is 4.40. The van der Waals surface area contributed by atoms with E-state index in [1.54, 1.807) is 0 Å². The third kappa shape index (κ3) is 4.96. The van der Waals surface area contributed by atoms with Crippen molar-refractivity contribution in [3.8, 4) is 0 Å². The summed E-state index contributed by atoms with van der Waals surface area (Å²) in [6.07, 6.45) is 4.45. The van der Waals surface area contributed by atoms with Gasteiger partial charge >= 0.3 is 0 Å². The Balaban J connectivity index is 1.32. The first-order valence-corrected chi connectivity index (χ1v) is 11.0. The summed E-state index contributed by atoms with van der Waals surface area (Å²) in [6, 6.07) is 11.8. The number of aliphatic imine (C=N–C) groups is 1. The van der Waals surface area contributed by atoms with Gasteiger partial charge < -0.3 is 15.2 Å². The molecule has 4 rings (SSSR count). The lowest BCUT2D eigenvalue weighted by molar-refractivity contribution is 0.134. The van der Waals surface area contributed by atoms with Gasteiger partial charge in [-0.1, -0.05) is 30.3 Å². The minimum atomic E-state index is 0.443. The number of fused-ring (bicyclic) bond motifs is 1. The zero-order valence-electron chi connectivity index (χ0n) is 17.6. The smallest absolute Gasteiger partial charge is 0.191 e. The summed E-state index contributed by atoms with van der Waals surface area (Å²) < 4.78 is 2.22. The molecule has 7 heteroatoms. The number of guanidine groups is 1. The number of rotatable bonds is 6. The van der Waals surface area contributed by atoms with Crippen molar-refractivity contribution in [1.82, 2.24) is 30.3 Å². The van der Waals surface area contributed by atoms with Gasteiger partial charge in [-0.25, -0.2) is 4.99 Å². The summed E-state index contributed by atoms with van der Waals surface area (Å²) in [7, 11) is 0. The number of benzene rings is 1. The number of aromatic nitrogens is 3. The Kier molecular flexibility index (Phi) is 6.44. The third-order valence-corrected chi connectivity index (χ3v) is 5.99. The molecule has 1 fully saturated rings. The fourth-order valence-electron chi connectivity index (χ4n) is 4.40. The number of aryl methyl sites for hydroxylation is 1. The lowest BCUT2D eigenvalue weighted by atomic mass is 9.97. The van der Waals surface area contributed by atoms with Gasteiger partial charge in [-0.15, -0.1) is 10.2 Å². The van der Waals surface area contributed by atoms with Crippen LogP contribution in [0, 0.1) is 0 Å². The molecule has 0 saturated carbocycles. The zero-order chi connectivity index (χ0) is 20.1. The molecule has 0 aliphatic carbocycles. The van der Waals surface area contributed by atoms with Gasteiger partial charge in [0.05, 0.1) is 0 Å². The fraction of sp³-hybridized carbons (Fsp3) is 0.591. The Morgan fingerprint density at radius 3 is 2.86 bits per heavy atom. The molecule has 1 aromatic carbocycles. The second-order valence-corrected chi connectivity index (χ2v) is 8.15. The van der Waals surface area contributed by atoms with Crippen molar-refractivity contribution < 1.29 is 0 Å². The first-order chi connectivity index (χ1) is 14.2. The molecule has 1 aromatic heterocycles. The molecule has 0 radical (unpaired) electrons. The molecule has 0 spiro atoms. The highest BCUT2D eigenvalue weighted by atomic mass is 15.3. The zero-order valence-corrected chi connectivity index (χ0v) is 17.6. The van der Waals surface area contributed by atoms with Crippen molar-refractivity contribution in [2.75, 3.05) is 13.1 Å². The van der Waals surface area contributed by atoms with Crippen molar-refractivity contribution in [1.29, 1.82) is 0 Å². The molecule has 2 unspecified atom stereocenters. The van der Waals surface area contributed by atoms with Gasteiger partial charge in [-0.05, 0) is 38.7 Å². The molecule has 3 heterocycles. The van der Waals surface area contributed by atoms with E-state index < -0.39 is 0 Å². The predicted molar refractivity (Wildman–Crippen MR) is 116 cm³/mol. The van der Waals surface area contributed by atoms with Crippen LogP contribution in [0.3, 0.4) is 0 Å². The summed E-state index contributed by atoms with van der Waals surface area (Å²) in [6.45, 7) is 9.02. The van der Waals surface area contributed by atoms with Crippen LogP contribution in [-0.4, -0.2) is 50.8 Å². The van der Waals surface area contributed by atoms with Crippen LogP contribution in [0.25, 0.3) is 0 Å². The standard InChI is InChI=1S/C22H33N7/c1-3-23-22(24-15-21-27-26-20-10-7-12-29(20)21)25-19-11-13-28(17(2)14-19)16-18-8-5-4-6-9-18/h4-6,8-9,17,19H,3,7,10-16H2,1-2H3,(H2,23,24,25). The highest BCUT2D eigenvalue weighted by molar-refractivity contribution is 5.80. The maximum Gasteiger partial charge on any atom is 0.191 e. The molecule has 0 amide bonds. The highest BCUT2D eigenvalue weighted by Crippen LogP contribution is 2.20. The molecule has 2 atom stereocenters. The Bertz CT molecular complexity index is 814. The van der Waals surface area contributed by atoms with E-state index >= 15 is 0 Å². The largest absolute Gasteiger partial charge is 0.357 e. The molecule has 2 aromatic rings. The van der Waals surface area contributed by atoms with Gasteiger partial charge in [-0.2, -0.15) is 0 Å². The van der Waals surface area contributed by atoms with Crippen LogP contribution in [0.5, 0.6) is 0 Å². The molecular weight excluding hydrogens is 362 g/mol. The van der Waals surface area contributed by atoms with Crippen LogP contribution in [0.15, 0.2) is 35.3 Å². The summed E-state index contributed by atoms with van der Waals surface area (Å²) in [5.41, 5.74) is 1.39. The Labute approximate surface area is 173 Å². The molecule has 2 aliphatic rings. The van der Waals surface area contributed by atoms with E-state index in [1.807, 2.05) is 0 Å². The van der Waals surface area contributed by atoms with E-state index in [1.165, 1.54) is 12.0 Å². The van der Waals surface area contributed by atoms with Gasteiger partial charge in [0.1, 0.15) is 12.4 Å². The molecular formula is C22H33N7. The number of hydrogen-bond acceptors (Lipinski definition) is 4. The van der Waals surface area contributed by atoms with Crippen LogP contribution in [0.1, 0.15) is 50.3 Å². The monoisotopic (exact) mass is 395 g/mol. The topological polar surface area (TPSA) is 70.4 Å². The van der Waals surface area contributed by atoms with E-state index in [0.717, 1.165) is 63.0 Å². The maximum atomic E-state index is 4.80. The van der Waals surface area contributed by atoms with Crippen LogP contribution >= 0.6 is 0 Å². The van der Waals surface area contributed by atoms with E-state index in [4.69, 9.17) is 4.99 Å². The van der Waals surface area contributed by atoms with Gasteiger partial charge in [-0.3, -0.25) is 4.90 Å². The van der Waals surface area contributed by atoms with E-state index in [2.05, 4.69) is 74.5 Å². The summed E-state index contributed by atoms with van der Waals surface area (Å²) in [5, 5.41) is 15.7. The van der Waals surface area contributed by atoms with Crippen molar-refractivity contribution >= 4 is 5.96 Å². The minimum Gasteiger partial charge on any atom is -0.357 e. The van der Waals surface area contributed by atoms with Crippen molar-refractivity contribution in [2.24, 2.45) is 4.99 Å². The number of piperidine rings is 1. The van der Waals surface area contributed by atoms with Gasteiger partial charge in [0.25, 0.3) is 0 Å². The lowest BCUT2D eigenvalue weighted by Gasteiger charge is -2.38. The van der Waals surface area contributed by atoms with Gasteiger partial charge in [0.15, 0.2) is 11.8 Å². The SMILES string of the molecule is CCNC(=NCc1nnc2n1CCC2)NC1CCN(Cc2ccccc2)C(C)C1. The number of hydrogen-bond donors (Lipinski definition) is 2. The Hall–Kier alpha value is -2.41. The molecule has 2 aliphatic heterocycles. The number of nitrogens with zero attached hydrogens (tertiary/aromatic N) is 5. The van der Waals surface area contributed by atoms with Crippen LogP contribution in [-0.2, 0) is 26.1 Å². The molecule has 156 valence electrons. The maximum absolute atomic E-state index is 4.80. The normalized spacial score (nSPS) is 22.5. The van der Waals surface area contributed by atoms with Crippen molar-refractivity contribution in [3.63, 3.8) is 0 Å². The Morgan fingerprint density at radius 1 is 1.21 bits per heavy atom. The number of likely N-dealkylation sites (tertiary alicyclic amines) is 1. The average Bonchev–Trinajstić information content (AvgIpc) is 3.34. The van der Waals surface area contributed by atoms with Gasteiger partial charge in [0, 0.05) is 44.7 Å². The second-order valence-electron chi connectivity index (χ2n) is 8.15. The lowest BCUT2D eigenvalue weighted by Crippen LogP contribution is -2.51. The number of nitrogens with one attached hydrogen (secondary N) is 2. The van der Waals surface area contributed by atoms with Crippen LogP contribution in [0.4, 0.5) is 0 Å². The van der Waals surface area contributed by atoms with E-state index in [9.17, 15) is 0 Å². The third-order valence-electron chi connectivity index (χ3n) is 5.99. The first kappa shape index (κ1) is 19.9.